The Morgan fingerprint density at radius 3 is 1.38 bits per heavy atom. The SMILES string of the molecule is CCC(S)CC(=O)O.CCC(S)CC(=O)O.CCCCCCCC(O)O. The van der Waals surface area contributed by atoms with Gasteiger partial charge in [-0.15, -0.1) is 0 Å². The number of unbranched alkanes of at least 4 members (excludes halogenated alkanes) is 4. The number of thiol groups is 2. The average molecular weight is 415 g/mol. The van der Waals surface area contributed by atoms with E-state index in [4.69, 9.17) is 20.4 Å². The molecule has 0 fully saturated rings. The maximum Gasteiger partial charge on any atom is 0.304 e. The summed E-state index contributed by atoms with van der Waals surface area (Å²) in [5.41, 5.74) is 0. The van der Waals surface area contributed by atoms with Crippen molar-refractivity contribution in [3.8, 4) is 0 Å². The molecule has 0 radical (unpaired) electrons. The molecule has 8 heteroatoms. The molecular weight excluding hydrogens is 376 g/mol. The summed E-state index contributed by atoms with van der Waals surface area (Å²) in [6, 6.07) is 0. The van der Waals surface area contributed by atoms with Gasteiger partial charge in [0.25, 0.3) is 0 Å². The first-order chi connectivity index (χ1) is 12.1. The van der Waals surface area contributed by atoms with E-state index in [9.17, 15) is 9.59 Å². The van der Waals surface area contributed by atoms with E-state index in [1.54, 1.807) is 0 Å². The highest BCUT2D eigenvalue weighted by atomic mass is 32.1. The summed E-state index contributed by atoms with van der Waals surface area (Å²) in [5, 5.41) is 33.3. The third-order valence-corrected chi connectivity index (χ3v) is 4.42. The highest BCUT2D eigenvalue weighted by molar-refractivity contribution is 7.81. The fourth-order valence-electron chi connectivity index (χ4n) is 1.62. The van der Waals surface area contributed by atoms with Crippen LogP contribution in [0.15, 0.2) is 0 Å². The average Bonchev–Trinajstić information content (AvgIpc) is 2.54. The summed E-state index contributed by atoms with van der Waals surface area (Å²) >= 11 is 7.98. The van der Waals surface area contributed by atoms with Crippen molar-refractivity contribution in [2.45, 2.75) is 102 Å². The summed E-state index contributed by atoms with van der Waals surface area (Å²) in [6.45, 7) is 6.00. The quantitative estimate of drug-likeness (QED) is 0.163. The number of carbonyl (C=O) groups is 2. The number of carboxylic acids is 2. The number of aliphatic carboxylic acids is 2. The lowest BCUT2D eigenvalue weighted by Gasteiger charge is -2.01. The molecule has 2 unspecified atom stereocenters. The molecule has 0 rings (SSSR count). The molecule has 26 heavy (non-hydrogen) atoms. The Labute approximate surface area is 169 Å². The van der Waals surface area contributed by atoms with E-state index in [-0.39, 0.29) is 23.3 Å². The Kier molecular flexibility index (Phi) is 26.3. The van der Waals surface area contributed by atoms with Gasteiger partial charge in [0.1, 0.15) is 0 Å². The fourth-order valence-corrected chi connectivity index (χ4v) is 1.93. The van der Waals surface area contributed by atoms with Crippen molar-refractivity contribution < 1.29 is 30.0 Å². The number of hydrogen-bond donors (Lipinski definition) is 6. The van der Waals surface area contributed by atoms with E-state index in [1.165, 1.54) is 19.3 Å². The van der Waals surface area contributed by atoms with Crippen LogP contribution in [0.25, 0.3) is 0 Å². The number of aliphatic hydroxyl groups is 2. The first kappa shape index (κ1) is 30.3. The lowest BCUT2D eigenvalue weighted by Crippen LogP contribution is -2.05. The van der Waals surface area contributed by atoms with Gasteiger partial charge in [-0.3, -0.25) is 9.59 Å². The van der Waals surface area contributed by atoms with E-state index in [2.05, 4.69) is 32.2 Å². The van der Waals surface area contributed by atoms with Crippen molar-refractivity contribution >= 4 is 37.2 Å². The lowest BCUT2D eigenvalue weighted by molar-refractivity contribution is -0.138. The van der Waals surface area contributed by atoms with Crippen LogP contribution < -0.4 is 0 Å². The maximum atomic E-state index is 9.92. The standard InChI is InChI=1S/C8H18O2.2C5H10O2S/c1-2-3-4-5-6-7-8(9)10;2*1-2-4(8)3-5(6)7/h8-10H,2-7H2,1H3;2*4,8H,2-3H2,1H3,(H,6,7). The predicted molar refractivity (Wildman–Crippen MR) is 112 cm³/mol. The van der Waals surface area contributed by atoms with Crippen LogP contribution in [0.5, 0.6) is 0 Å². The molecule has 0 saturated carbocycles. The second kappa shape index (κ2) is 22.6. The normalized spacial score (nSPS) is 12.3. The van der Waals surface area contributed by atoms with E-state index in [1.807, 2.05) is 13.8 Å². The molecule has 0 aromatic heterocycles. The molecule has 0 aromatic rings. The van der Waals surface area contributed by atoms with Crippen LogP contribution in [0.2, 0.25) is 0 Å². The summed E-state index contributed by atoms with van der Waals surface area (Å²) in [4.78, 5) is 19.8. The smallest absolute Gasteiger partial charge is 0.304 e. The summed E-state index contributed by atoms with van der Waals surface area (Å²) in [6.07, 6.45) is 7.20. The van der Waals surface area contributed by atoms with Crippen LogP contribution in [-0.4, -0.2) is 49.2 Å². The molecule has 0 spiro atoms. The second-order valence-corrected chi connectivity index (χ2v) is 7.46. The zero-order valence-corrected chi connectivity index (χ0v) is 18.1. The van der Waals surface area contributed by atoms with Gasteiger partial charge in [-0.1, -0.05) is 46.5 Å². The van der Waals surface area contributed by atoms with E-state index in [0.29, 0.717) is 6.42 Å². The molecule has 4 N–H and O–H groups in total. The molecule has 0 aliphatic heterocycles. The Morgan fingerprint density at radius 1 is 0.769 bits per heavy atom. The van der Waals surface area contributed by atoms with Gasteiger partial charge in [-0.2, -0.15) is 25.3 Å². The Morgan fingerprint density at radius 2 is 1.15 bits per heavy atom. The number of aliphatic hydroxyl groups excluding tert-OH is 1. The van der Waals surface area contributed by atoms with E-state index < -0.39 is 18.2 Å². The van der Waals surface area contributed by atoms with Gasteiger partial charge in [-0.05, 0) is 25.7 Å². The van der Waals surface area contributed by atoms with Gasteiger partial charge >= 0.3 is 11.9 Å². The second-order valence-electron chi connectivity index (χ2n) is 6.00. The van der Waals surface area contributed by atoms with Crippen LogP contribution in [-0.2, 0) is 9.59 Å². The molecule has 0 bridgehead atoms. The molecule has 6 nitrogen and oxygen atoms in total. The Bertz CT molecular complexity index is 305. The van der Waals surface area contributed by atoms with Crippen molar-refractivity contribution in [1.82, 2.24) is 0 Å². The summed E-state index contributed by atoms with van der Waals surface area (Å²) < 4.78 is 0. The maximum absolute atomic E-state index is 9.92. The molecule has 2 atom stereocenters. The Balaban J connectivity index is -0.000000308. The molecule has 0 amide bonds. The third kappa shape index (κ3) is 34.8. The van der Waals surface area contributed by atoms with Gasteiger partial charge < -0.3 is 20.4 Å². The lowest BCUT2D eigenvalue weighted by atomic mass is 10.1. The van der Waals surface area contributed by atoms with Crippen molar-refractivity contribution in [3.05, 3.63) is 0 Å². The fraction of sp³-hybridized carbons (Fsp3) is 0.889. The van der Waals surface area contributed by atoms with Crippen LogP contribution in [0.4, 0.5) is 0 Å². The zero-order valence-electron chi connectivity index (χ0n) is 16.3. The summed E-state index contributed by atoms with van der Waals surface area (Å²) in [5.74, 6) is -1.54. The molecule has 0 heterocycles. The van der Waals surface area contributed by atoms with Crippen LogP contribution in [0.3, 0.4) is 0 Å². The topological polar surface area (TPSA) is 115 Å². The molecule has 0 saturated heterocycles. The molecule has 0 aliphatic rings. The first-order valence-corrected chi connectivity index (χ1v) is 10.3. The largest absolute Gasteiger partial charge is 0.481 e. The van der Waals surface area contributed by atoms with E-state index >= 15 is 0 Å². The van der Waals surface area contributed by atoms with Crippen LogP contribution >= 0.6 is 25.3 Å². The summed E-state index contributed by atoms with van der Waals surface area (Å²) in [7, 11) is 0. The zero-order chi connectivity index (χ0) is 21.0. The van der Waals surface area contributed by atoms with Gasteiger partial charge in [0.15, 0.2) is 6.29 Å². The van der Waals surface area contributed by atoms with E-state index in [0.717, 1.165) is 25.7 Å². The Hall–Kier alpha value is -0.440. The predicted octanol–water partition coefficient (Wildman–Crippen LogP) is 4.00. The highest BCUT2D eigenvalue weighted by Gasteiger charge is 2.04. The first-order valence-electron chi connectivity index (χ1n) is 9.26. The van der Waals surface area contributed by atoms with Gasteiger partial charge in [-0.25, -0.2) is 0 Å². The van der Waals surface area contributed by atoms with Gasteiger partial charge in [0.05, 0.1) is 12.8 Å². The molecular formula is C18H38O6S2. The van der Waals surface area contributed by atoms with Crippen molar-refractivity contribution in [3.63, 3.8) is 0 Å². The number of rotatable bonds is 12. The van der Waals surface area contributed by atoms with Gasteiger partial charge in [0, 0.05) is 10.5 Å². The third-order valence-electron chi connectivity index (χ3n) is 3.33. The van der Waals surface area contributed by atoms with Gasteiger partial charge in [0.2, 0.25) is 0 Å². The van der Waals surface area contributed by atoms with Crippen LogP contribution in [0, 0.1) is 0 Å². The van der Waals surface area contributed by atoms with Crippen LogP contribution in [0.1, 0.15) is 85.0 Å². The van der Waals surface area contributed by atoms with Crippen molar-refractivity contribution in [2.75, 3.05) is 0 Å². The molecule has 158 valence electrons. The monoisotopic (exact) mass is 414 g/mol. The molecule has 0 aliphatic carbocycles. The minimum atomic E-state index is -1.10. The highest BCUT2D eigenvalue weighted by Crippen LogP contribution is 2.06. The van der Waals surface area contributed by atoms with Crippen molar-refractivity contribution in [1.29, 1.82) is 0 Å². The molecule has 0 aromatic carbocycles. The number of carboxylic acid groups (broad SMARTS) is 2. The minimum Gasteiger partial charge on any atom is -0.481 e. The minimum absolute atomic E-state index is 0.0208. The van der Waals surface area contributed by atoms with Crippen molar-refractivity contribution in [2.24, 2.45) is 0 Å². The number of hydrogen-bond acceptors (Lipinski definition) is 6.